The molecule has 50 heavy (non-hydrogen) atoms. The van der Waals surface area contributed by atoms with Crippen LogP contribution in [0.25, 0.3) is 44.3 Å². The molecular formula is C40H44N2O8. The van der Waals surface area contributed by atoms with Gasteiger partial charge in [-0.15, -0.1) is 0 Å². The molecule has 0 saturated heterocycles. The van der Waals surface area contributed by atoms with Gasteiger partial charge in [0.25, 0.3) is 0 Å². The maximum Gasteiger partial charge on any atom is 0.119 e. The first kappa shape index (κ1) is 35.4. The van der Waals surface area contributed by atoms with Crippen LogP contribution >= 0.6 is 0 Å². The second-order valence-electron chi connectivity index (χ2n) is 11.4. The quantitative estimate of drug-likeness (QED) is 0.132. The molecule has 8 bridgehead atoms. The Hall–Kier alpha value is -4.42. The average Bonchev–Trinajstić information content (AvgIpc) is 3.16. The smallest absolute Gasteiger partial charge is 0.119 e. The number of fused-ring (bicyclic) bond motifs is 2. The van der Waals surface area contributed by atoms with Gasteiger partial charge in [-0.3, -0.25) is 0 Å². The van der Waals surface area contributed by atoms with Crippen molar-refractivity contribution in [3.05, 3.63) is 97.1 Å². The maximum atomic E-state index is 5.88. The summed E-state index contributed by atoms with van der Waals surface area (Å²) in [7, 11) is 0. The summed E-state index contributed by atoms with van der Waals surface area (Å²) < 4.78 is 45.3. The second kappa shape index (κ2) is 19.7. The summed E-state index contributed by atoms with van der Waals surface area (Å²) in [6, 6.07) is 28.4. The number of aromatic nitrogens is 2. The Labute approximate surface area is 292 Å². The Morgan fingerprint density at radius 1 is 0.340 bits per heavy atom. The van der Waals surface area contributed by atoms with Crippen LogP contribution in [0, 0.1) is 0 Å². The number of ether oxygens (including phenoxy) is 8. The largest absolute Gasteiger partial charge is 0.491 e. The minimum Gasteiger partial charge on any atom is -0.491 e. The van der Waals surface area contributed by atoms with Crippen molar-refractivity contribution < 1.29 is 37.9 Å². The van der Waals surface area contributed by atoms with Gasteiger partial charge in [-0.1, -0.05) is 36.4 Å². The molecule has 0 atom stereocenters. The minimum absolute atomic E-state index is 0.449. The van der Waals surface area contributed by atoms with Crippen LogP contribution in [0.3, 0.4) is 0 Å². The Bertz CT molecular complexity index is 1650. The monoisotopic (exact) mass is 680 g/mol. The first-order valence-corrected chi connectivity index (χ1v) is 17.1. The molecule has 0 aliphatic carbocycles. The molecule has 10 nitrogen and oxygen atoms in total. The fourth-order valence-electron chi connectivity index (χ4n) is 5.29. The van der Waals surface area contributed by atoms with E-state index in [-0.39, 0.29) is 0 Å². The predicted octanol–water partition coefficient (Wildman–Crippen LogP) is 6.54. The molecule has 0 unspecified atom stereocenters. The zero-order valence-electron chi connectivity index (χ0n) is 28.3. The topological polar surface area (TPSA) is 99.6 Å². The van der Waals surface area contributed by atoms with Crippen LogP contribution in [0.2, 0.25) is 0 Å². The maximum absolute atomic E-state index is 5.88. The third kappa shape index (κ3) is 10.8. The van der Waals surface area contributed by atoms with Gasteiger partial charge >= 0.3 is 0 Å². The lowest BCUT2D eigenvalue weighted by molar-refractivity contribution is 0.0123. The highest BCUT2D eigenvalue weighted by Crippen LogP contribution is 2.30. The van der Waals surface area contributed by atoms with Crippen LogP contribution in [0.1, 0.15) is 0 Å². The molecule has 0 N–H and O–H groups in total. The van der Waals surface area contributed by atoms with Crippen LogP contribution in [0.15, 0.2) is 97.1 Å². The summed E-state index contributed by atoms with van der Waals surface area (Å²) in [5.74, 6) is 1.55. The number of benzene rings is 3. The minimum atomic E-state index is 0.449. The molecule has 262 valence electrons. The Balaban J connectivity index is 1.10. The van der Waals surface area contributed by atoms with Crippen molar-refractivity contribution in [2.24, 2.45) is 0 Å². The molecule has 5 aromatic rings. The summed E-state index contributed by atoms with van der Waals surface area (Å²) >= 11 is 0. The number of hydrogen-bond acceptors (Lipinski definition) is 10. The second-order valence-corrected chi connectivity index (χ2v) is 11.4. The summed E-state index contributed by atoms with van der Waals surface area (Å²) in [6.45, 7) is 6.92. The SMILES string of the molecule is C1=C\COCCOCCOCCOc2ccc(cc2)-c2ccc3ccc4ccc(nc4c3n2)-c2ccc(cc2)OCCOCCOCCOC/1. The van der Waals surface area contributed by atoms with Gasteiger partial charge < -0.3 is 37.9 Å². The van der Waals surface area contributed by atoms with E-state index in [0.717, 1.165) is 55.8 Å². The van der Waals surface area contributed by atoms with Gasteiger partial charge in [0.1, 0.15) is 24.7 Å². The average molecular weight is 681 g/mol. The molecule has 0 spiro atoms. The molecule has 0 radical (unpaired) electrons. The van der Waals surface area contributed by atoms with Crippen LogP contribution in [0.4, 0.5) is 0 Å². The first-order valence-electron chi connectivity index (χ1n) is 17.1. The number of hydrogen-bond donors (Lipinski definition) is 0. The fraction of sp³-hybridized carbons (Fsp3) is 0.350. The van der Waals surface area contributed by atoms with E-state index in [1.54, 1.807) is 0 Å². The molecule has 0 amide bonds. The van der Waals surface area contributed by atoms with Crippen molar-refractivity contribution in [1.29, 1.82) is 0 Å². The van der Waals surface area contributed by atoms with Crippen LogP contribution in [-0.4, -0.2) is 102 Å². The van der Waals surface area contributed by atoms with Crippen molar-refractivity contribution in [1.82, 2.24) is 9.97 Å². The third-order valence-electron chi connectivity index (χ3n) is 7.90. The fourth-order valence-corrected chi connectivity index (χ4v) is 5.29. The predicted molar refractivity (Wildman–Crippen MR) is 193 cm³/mol. The van der Waals surface area contributed by atoms with E-state index in [9.17, 15) is 0 Å². The van der Waals surface area contributed by atoms with Crippen molar-refractivity contribution in [2.45, 2.75) is 0 Å². The molecule has 0 saturated carbocycles. The van der Waals surface area contributed by atoms with Gasteiger partial charge in [0, 0.05) is 21.9 Å². The Morgan fingerprint density at radius 2 is 0.680 bits per heavy atom. The van der Waals surface area contributed by atoms with Crippen molar-refractivity contribution in [3.63, 3.8) is 0 Å². The summed E-state index contributed by atoms with van der Waals surface area (Å²) in [4.78, 5) is 10.1. The lowest BCUT2D eigenvalue weighted by atomic mass is 10.1. The van der Waals surface area contributed by atoms with Gasteiger partial charge in [0.15, 0.2) is 0 Å². The number of pyridine rings is 2. The zero-order valence-corrected chi connectivity index (χ0v) is 28.3. The molecule has 3 aliphatic heterocycles. The van der Waals surface area contributed by atoms with E-state index < -0.39 is 0 Å². The van der Waals surface area contributed by atoms with Gasteiger partial charge in [0.2, 0.25) is 0 Å². The van der Waals surface area contributed by atoms with Gasteiger partial charge in [0.05, 0.1) is 102 Å². The highest BCUT2D eigenvalue weighted by Gasteiger charge is 2.10. The highest BCUT2D eigenvalue weighted by atomic mass is 16.6. The highest BCUT2D eigenvalue weighted by molar-refractivity contribution is 6.04. The zero-order chi connectivity index (χ0) is 34.1. The van der Waals surface area contributed by atoms with Gasteiger partial charge in [-0.25, -0.2) is 9.97 Å². The number of nitrogens with zero attached hydrogens (tertiary/aromatic N) is 2. The van der Waals surface area contributed by atoms with E-state index in [1.807, 2.05) is 72.8 Å². The Kier molecular flexibility index (Phi) is 13.9. The molecule has 5 heterocycles. The normalized spacial score (nSPS) is 17.7. The molecule has 2 aromatic heterocycles. The van der Waals surface area contributed by atoms with E-state index in [2.05, 4.69) is 24.3 Å². The molecule has 8 rings (SSSR count). The Morgan fingerprint density at radius 3 is 1.08 bits per heavy atom. The van der Waals surface area contributed by atoms with E-state index in [0.29, 0.717) is 92.5 Å². The van der Waals surface area contributed by atoms with E-state index in [4.69, 9.17) is 47.9 Å². The molecule has 0 fully saturated rings. The van der Waals surface area contributed by atoms with Crippen LogP contribution in [0.5, 0.6) is 11.5 Å². The summed E-state index contributed by atoms with van der Waals surface area (Å²) in [5.41, 5.74) is 5.46. The molecule has 3 aromatic carbocycles. The lowest BCUT2D eigenvalue weighted by Gasteiger charge is -2.10. The standard InChI is InChI=1S/C40H44N2O8/c1-2-18-44-20-22-46-24-26-48-28-30-50-36-13-7-32(8-14-36)38-16-10-34-4-3-33-9-15-37(41-39(33)40(34)42-38)31-5-11-35(12-6-31)49-29-27-47-25-23-45-21-19-43-17-1/h1-16H,17-30H2/b2-1-. The van der Waals surface area contributed by atoms with Crippen molar-refractivity contribution >= 4 is 21.8 Å². The van der Waals surface area contributed by atoms with Crippen LogP contribution in [-0.2, 0) is 28.4 Å². The number of rotatable bonds is 0. The lowest BCUT2D eigenvalue weighted by Crippen LogP contribution is -2.13. The summed E-state index contributed by atoms with van der Waals surface area (Å²) in [5, 5.41) is 2.07. The molecular weight excluding hydrogens is 636 g/mol. The van der Waals surface area contributed by atoms with Gasteiger partial charge in [-0.05, 0) is 60.7 Å². The van der Waals surface area contributed by atoms with Crippen LogP contribution < -0.4 is 9.47 Å². The van der Waals surface area contributed by atoms with Crippen molar-refractivity contribution in [3.8, 4) is 34.0 Å². The summed E-state index contributed by atoms with van der Waals surface area (Å²) in [6.07, 6.45) is 3.87. The van der Waals surface area contributed by atoms with E-state index in [1.165, 1.54) is 0 Å². The first-order chi connectivity index (χ1) is 24.8. The van der Waals surface area contributed by atoms with E-state index >= 15 is 0 Å². The molecule has 10 heteroatoms. The molecule has 3 aliphatic rings. The third-order valence-corrected chi connectivity index (χ3v) is 7.90. The van der Waals surface area contributed by atoms with Crippen molar-refractivity contribution in [2.75, 3.05) is 92.5 Å². The van der Waals surface area contributed by atoms with Gasteiger partial charge in [-0.2, -0.15) is 0 Å².